The van der Waals surface area contributed by atoms with E-state index in [1.807, 2.05) is 60.7 Å². The summed E-state index contributed by atoms with van der Waals surface area (Å²) in [4.78, 5) is 27.1. The predicted octanol–water partition coefficient (Wildman–Crippen LogP) is 3.33. The molecule has 0 atom stereocenters. The maximum atomic E-state index is 12.5. The van der Waals surface area contributed by atoms with E-state index in [1.54, 1.807) is 9.13 Å². The Morgan fingerprint density at radius 3 is 1.56 bits per heavy atom. The van der Waals surface area contributed by atoms with Gasteiger partial charge < -0.3 is 4.90 Å². The monoisotopic (exact) mass is 593 g/mol. The van der Waals surface area contributed by atoms with Crippen LogP contribution in [0.2, 0.25) is 0 Å². The SMILES string of the molecule is O=c1[nH]nc(CCN(CCc2n[nH]c(=O)n2-c2ccccc2)c2ccc(I)cc2)n1-c1ccccc1. The fraction of sp³-hybridized carbons (Fsp3) is 0.154. The molecule has 9 nitrogen and oxygen atoms in total. The summed E-state index contributed by atoms with van der Waals surface area (Å²) in [6.07, 6.45) is 1.09. The molecule has 182 valence electrons. The van der Waals surface area contributed by atoms with Crippen molar-refractivity contribution in [3.63, 3.8) is 0 Å². The average Bonchev–Trinajstić information content (AvgIpc) is 3.47. The van der Waals surface area contributed by atoms with E-state index >= 15 is 0 Å². The van der Waals surface area contributed by atoms with Gasteiger partial charge in [-0.05, 0) is 71.1 Å². The van der Waals surface area contributed by atoms with Crippen LogP contribution >= 0.6 is 22.6 Å². The molecule has 3 aromatic carbocycles. The lowest BCUT2D eigenvalue weighted by molar-refractivity contribution is 0.711. The standard InChI is InChI=1S/C26H24IN7O2/c27-19-11-13-20(14-12-19)32(17-15-23-28-30-25(35)33(23)21-7-3-1-4-8-21)18-16-24-29-31-26(36)34(24)22-9-5-2-6-10-22/h1-14H,15-18H2,(H,30,35)(H,31,36). The van der Waals surface area contributed by atoms with Gasteiger partial charge in [-0.15, -0.1) is 0 Å². The van der Waals surface area contributed by atoms with Crippen molar-refractivity contribution in [2.45, 2.75) is 12.8 Å². The molecular weight excluding hydrogens is 569 g/mol. The number of H-pyrrole nitrogens is 2. The quantitative estimate of drug-likeness (QED) is 0.255. The summed E-state index contributed by atoms with van der Waals surface area (Å²) in [5.74, 6) is 1.31. The molecule has 36 heavy (non-hydrogen) atoms. The van der Waals surface area contributed by atoms with Crippen LogP contribution in [0.25, 0.3) is 11.4 Å². The Kier molecular flexibility index (Phi) is 7.12. The molecule has 0 aliphatic carbocycles. The highest BCUT2D eigenvalue weighted by atomic mass is 127. The minimum absolute atomic E-state index is 0.264. The van der Waals surface area contributed by atoms with Crippen LogP contribution in [0.3, 0.4) is 0 Å². The molecule has 0 aliphatic rings. The van der Waals surface area contributed by atoms with Crippen molar-refractivity contribution in [2.24, 2.45) is 0 Å². The average molecular weight is 593 g/mol. The van der Waals surface area contributed by atoms with Gasteiger partial charge in [-0.3, -0.25) is 0 Å². The predicted molar refractivity (Wildman–Crippen MR) is 147 cm³/mol. The lowest BCUT2D eigenvalue weighted by atomic mass is 10.2. The van der Waals surface area contributed by atoms with Gasteiger partial charge in [0.05, 0.1) is 11.4 Å². The van der Waals surface area contributed by atoms with Crippen molar-refractivity contribution >= 4 is 28.3 Å². The van der Waals surface area contributed by atoms with Crippen LogP contribution in [0.4, 0.5) is 5.69 Å². The molecule has 2 N–H and O–H groups in total. The molecule has 0 aliphatic heterocycles. The number of nitrogens with zero attached hydrogens (tertiary/aromatic N) is 5. The first-order valence-electron chi connectivity index (χ1n) is 11.5. The number of benzene rings is 3. The number of rotatable bonds is 9. The molecule has 0 bridgehead atoms. The molecule has 5 aromatic rings. The summed E-state index contributed by atoms with van der Waals surface area (Å²) in [5, 5.41) is 13.7. The second kappa shape index (κ2) is 10.8. The Bertz CT molecular complexity index is 1440. The molecule has 0 unspecified atom stereocenters. The Labute approximate surface area is 220 Å². The summed E-state index contributed by atoms with van der Waals surface area (Å²) in [6, 6.07) is 27.2. The Balaban J connectivity index is 1.39. The minimum Gasteiger partial charge on any atom is -0.371 e. The van der Waals surface area contributed by atoms with Crippen molar-refractivity contribution in [3.05, 3.63) is 121 Å². The number of hydrogen-bond acceptors (Lipinski definition) is 5. The van der Waals surface area contributed by atoms with Crippen LogP contribution in [-0.4, -0.2) is 42.6 Å². The third kappa shape index (κ3) is 5.18. The van der Waals surface area contributed by atoms with E-state index in [-0.39, 0.29) is 11.4 Å². The molecule has 0 fully saturated rings. The van der Waals surface area contributed by atoms with E-state index in [4.69, 9.17) is 0 Å². The molecule has 0 saturated carbocycles. The van der Waals surface area contributed by atoms with Crippen molar-refractivity contribution in [1.82, 2.24) is 29.5 Å². The summed E-state index contributed by atoms with van der Waals surface area (Å²) >= 11 is 2.29. The zero-order chi connectivity index (χ0) is 24.9. The molecule has 0 spiro atoms. The normalized spacial score (nSPS) is 11.0. The van der Waals surface area contributed by atoms with Crippen LogP contribution < -0.4 is 16.3 Å². The van der Waals surface area contributed by atoms with E-state index in [0.29, 0.717) is 37.6 Å². The number of aromatic nitrogens is 6. The Morgan fingerprint density at radius 1 is 0.667 bits per heavy atom. The molecule has 10 heteroatoms. The van der Waals surface area contributed by atoms with Gasteiger partial charge in [-0.2, -0.15) is 10.2 Å². The van der Waals surface area contributed by atoms with E-state index < -0.39 is 0 Å². The van der Waals surface area contributed by atoms with E-state index in [2.05, 4.69) is 72.2 Å². The zero-order valence-corrected chi connectivity index (χ0v) is 21.5. The first kappa shape index (κ1) is 23.8. The molecule has 0 saturated heterocycles. The first-order chi connectivity index (χ1) is 17.6. The fourth-order valence-corrected chi connectivity index (χ4v) is 4.53. The highest BCUT2D eigenvalue weighted by Gasteiger charge is 2.16. The highest BCUT2D eigenvalue weighted by molar-refractivity contribution is 14.1. The van der Waals surface area contributed by atoms with E-state index in [0.717, 1.165) is 20.6 Å². The number of para-hydroxylation sites is 2. The van der Waals surface area contributed by atoms with Crippen LogP contribution in [0.15, 0.2) is 94.5 Å². The van der Waals surface area contributed by atoms with Gasteiger partial charge in [0.1, 0.15) is 11.6 Å². The Morgan fingerprint density at radius 2 is 1.11 bits per heavy atom. The van der Waals surface area contributed by atoms with Crippen molar-refractivity contribution in [3.8, 4) is 11.4 Å². The topological polar surface area (TPSA) is 105 Å². The van der Waals surface area contributed by atoms with Crippen molar-refractivity contribution in [1.29, 1.82) is 0 Å². The maximum absolute atomic E-state index is 12.5. The lowest BCUT2D eigenvalue weighted by Gasteiger charge is -2.25. The van der Waals surface area contributed by atoms with Gasteiger partial charge in [-0.1, -0.05) is 36.4 Å². The molecule has 2 aromatic heterocycles. The van der Waals surface area contributed by atoms with Gasteiger partial charge in [0.25, 0.3) is 0 Å². The summed E-state index contributed by atoms with van der Waals surface area (Å²) in [5.41, 5.74) is 2.07. The summed E-state index contributed by atoms with van der Waals surface area (Å²) < 4.78 is 4.35. The molecule has 5 rings (SSSR count). The largest absolute Gasteiger partial charge is 0.371 e. The fourth-order valence-electron chi connectivity index (χ4n) is 4.17. The third-order valence-electron chi connectivity index (χ3n) is 5.91. The molecular formula is C26H24IN7O2. The van der Waals surface area contributed by atoms with Crippen LogP contribution in [0, 0.1) is 3.57 Å². The summed E-state index contributed by atoms with van der Waals surface area (Å²) in [7, 11) is 0. The second-order valence-corrected chi connectivity index (χ2v) is 9.44. The lowest BCUT2D eigenvalue weighted by Crippen LogP contribution is -2.30. The number of halogens is 1. The highest BCUT2D eigenvalue weighted by Crippen LogP contribution is 2.18. The number of hydrogen-bond donors (Lipinski definition) is 2. The third-order valence-corrected chi connectivity index (χ3v) is 6.63. The van der Waals surface area contributed by atoms with Crippen LogP contribution in [0.5, 0.6) is 0 Å². The zero-order valence-electron chi connectivity index (χ0n) is 19.3. The van der Waals surface area contributed by atoms with Crippen molar-refractivity contribution < 1.29 is 0 Å². The van der Waals surface area contributed by atoms with Gasteiger partial charge in [0.2, 0.25) is 0 Å². The molecule has 2 heterocycles. The maximum Gasteiger partial charge on any atom is 0.347 e. The van der Waals surface area contributed by atoms with Gasteiger partial charge in [0.15, 0.2) is 0 Å². The minimum atomic E-state index is -0.264. The van der Waals surface area contributed by atoms with E-state index in [9.17, 15) is 9.59 Å². The number of nitrogens with one attached hydrogen (secondary N) is 2. The van der Waals surface area contributed by atoms with Gasteiger partial charge in [-0.25, -0.2) is 28.9 Å². The van der Waals surface area contributed by atoms with Crippen molar-refractivity contribution in [2.75, 3.05) is 18.0 Å². The van der Waals surface area contributed by atoms with Crippen LogP contribution in [0.1, 0.15) is 11.6 Å². The first-order valence-corrected chi connectivity index (χ1v) is 12.6. The second-order valence-electron chi connectivity index (χ2n) is 8.20. The van der Waals surface area contributed by atoms with Gasteiger partial charge in [0, 0.05) is 35.2 Å². The van der Waals surface area contributed by atoms with E-state index in [1.165, 1.54) is 0 Å². The summed E-state index contributed by atoms with van der Waals surface area (Å²) in [6.45, 7) is 1.25. The smallest absolute Gasteiger partial charge is 0.347 e. The van der Waals surface area contributed by atoms with Crippen LogP contribution in [-0.2, 0) is 12.8 Å². The molecule has 0 radical (unpaired) electrons. The van der Waals surface area contributed by atoms with Gasteiger partial charge >= 0.3 is 11.4 Å². The molecule has 0 amide bonds. The number of anilines is 1. The Hall–Kier alpha value is -3.93. The number of aromatic amines is 2.